The van der Waals surface area contributed by atoms with E-state index in [1.54, 1.807) is 0 Å². The second-order valence-corrected chi connectivity index (χ2v) is 7.63. The van der Waals surface area contributed by atoms with Crippen molar-refractivity contribution < 1.29 is 18.8 Å². The minimum Gasteiger partial charge on any atom is -0.443 e. The highest BCUT2D eigenvalue weighted by atomic mass is 19.1. The molecule has 0 spiro atoms. The second kappa shape index (κ2) is 6.84. The summed E-state index contributed by atoms with van der Waals surface area (Å²) in [5.41, 5.74) is -3.92. The highest BCUT2D eigenvalue weighted by Gasteiger charge is 2.79. The molecule has 0 aliphatic carbocycles. The number of nitriles is 3. The Labute approximate surface area is 181 Å². The zero-order valence-electron chi connectivity index (χ0n) is 16.6. The van der Waals surface area contributed by atoms with Gasteiger partial charge in [0.1, 0.15) is 11.9 Å². The van der Waals surface area contributed by atoms with Gasteiger partial charge < -0.3 is 9.47 Å². The summed E-state index contributed by atoms with van der Waals surface area (Å²) in [7, 11) is 0. The second-order valence-electron chi connectivity index (χ2n) is 7.63. The van der Waals surface area contributed by atoms with Crippen LogP contribution in [0.25, 0.3) is 0 Å². The van der Waals surface area contributed by atoms with Crippen LogP contribution in [0.3, 0.4) is 0 Å². The third-order valence-electron chi connectivity index (χ3n) is 6.32. The maximum absolute atomic E-state index is 13.6. The van der Waals surface area contributed by atoms with Crippen molar-refractivity contribution in [2.24, 2.45) is 16.7 Å². The van der Waals surface area contributed by atoms with Crippen molar-refractivity contribution in [2.75, 3.05) is 0 Å². The fourth-order valence-electron chi connectivity index (χ4n) is 4.62. The van der Waals surface area contributed by atoms with Gasteiger partial charge in [0.25, 0.3) is 5.69 Å². The van der Waals surface area contributed by atoms with Gasteiger partial charge >= 0.3 is 0 Å². The van der Waals surface area contributed by atoms with Gasteiger partial charge in [-0.15, -0.1) is 0 Å². The lowest BCUT2D eigenvalue weighted by molar-refractivity contribution is -0.384. The Morgan fingerprint density at radius 1 is 1.06 bits per heavy atom. The SMILES string of the molecule is CC1C2(c3ccc(F)cc3)OC(=N)C1(C#N)C(C#N)(C#N)C(c1ccc([N+](=O)[O-])cc1)O2. The maximum atomic E-state index is 13.6. The number of non-ortho nitro benzene ring substituents is 1. The van der Waals surface area contributed by atoms with E-state index in [-0.39, 0.29) is 11.3 Å². The topological polar surface area (TPSA) is 157 Å². The average Bonchev–Trinajstić information content (AvgIpc) is 2.96. The van der Waals surface area contributed by atoms with Crippen LogP contribution in [0.4, 0.5) is 10.1 Å². The number of nitrogens with one attached hydrogen (secondary N) is 1. The monoisotopic (exact) mass is 431 g/mol. The van der Waals surface area contributed by atoms with Crippen LogP contribution in [0.2, 0.25) is 0 Å². The van der Waals surface area contributed by atoms with Crippen LogP contribution in [0.1, 0.15) is 24.2 Å². The van der Waals surface area contributed by atoms with Crippen LogP contribution >= 0.6 is 0 Å². The number of nitro groups is 1. The van der Waals surface area contributed by atoms with Gasteiger partial charge in [0.15, 0.2) is 5.41 Å². The van der Waals surface area contributed by atoms with E-state index in [0.29, 0.717) is 5.56 Å². The number of ether oxygens (including phenoxy) is 2. The summed E-state index contributed by atoms with van der Waals surface area (Å²) >= 11 is 0. The lowest BCUT2D eigenvalue weighted by Gasteiger charge is -2.48. The van der Waals surface area contributed by atoms with Crippen LogP contribution in [0, 0.1) is 72.1 Å². The Hall–Kier alpha value is -4.33. The Bertz CT molecular complexity index is 1240. The molecule has 4 rings (SSSR count). The first-order valence-corrected chi connectivity index (χ1v) is 9.42. The number of hydrogen-bond donors (Lipinski definition) is 1. The first-order valence-electron chi connectivity index (χ1n) is 9.42. The van der Waals surface area contributed by atoms with Crippen LogP contribution < -0.4 is 0 Å². The predicted molar refractivity (Wildman–Crippen MR) is 105 cm³/mol. The Morgan fingerprint density at radius 2 is 1.66 bits per heavy atom. The standard InChI is InChI=1S/C22H14FN5O4/c1-13-21(12-26)19(27)32-22(13,15-4-6-16(23)7-5-15)31-18(20(21,10-24)11-25)14-2-8-17(9-3-14)28(29)30/h2-9,13,18,27H,1H3. The van der Waals surface area contributed by atoms with E-state index in [0.717, 1.165) is 12.1 Å². The van der Waals surface area contributed by atoms with Crippen molar-refractivity contribution in [3.8, 4) is 18.2 Å². The highest BCUT2D eigenvalue weighted by Crippen LogP contribution is 2.68. The molecule has 158 valence electrons. The molecule has 32 heavy (non-hydrogen) atoms. The molecule has 10 heteroatoms. The van der Waals surface area contributed by atoms with Crippen molar-refractivity contribution in [1.82, 2.24) is 0 Å². The number of benzene rings is 2. The third-order valence-corrected chi connectivity index (χ3v) is 6.32. The minimum atomic E-state index is -2.20. The van der Waals surface area contributed by atoms with E-state index in [1.807, 2.05) is 18.2 Å². The molecule has 2 aromatic rings. The summed E-state index contributed by atoms with van der Waals surface area (Å²) < 4.78 is 25.6. The van der Waals surface area contributed by atoms with Gasteiger partial charge in [0.2, 0.25) is 17.1 Å². The molecule has 0 amide bonds. The van der Waals surface area contributed by atoms with Gasteiger partial charge in [0.05, 0.1) is 29.0 Å². The number of nitrogens with zero attached hydrogens (tertiary/aromatic N) is 4. The largest absolute Gasteiger partial charge is 0.443 e. The highest BCUT2D eigenvalue weighted by molar-refractivity contribution is 5.89. The molecule has 2 heterocycles. The predicted octanol–water partition coefficient (Wildman–Crippen LogP) is 3.85. The zero-order chi connectivity index (χ0) is 23.3. The van der Waals surface area contributed by atoms with Gasteiger partial charge in [-0.05, 0) is 42.0 Å². The molecule has 0 aromatic heterocycles. The quantitative estimate of drug-likeness (QED) is 0.571. The zero-order valence-corrected chi connectivity index (χ0v) is 16.6. The van der Waals surface area contributed by atoms with E-state index in [9.17, 15) is 30.3 Å². The van der Waals surface area contributed by atoms with Crippen molar-refractivity contribution in [2.45, 2.75) is 18.8 Å². The average molecular weight is 431 g/mol. The van der Waals surface area contributed by atoms with E-state index >= 15 is 0 Å². The number of rotatable bonds is 3. The fourth-order valence-corrected chi connectivity index (χ4v) is 4.62. The lowest BCUT2D eigenvalue weighted by Crippen LogP contribution is -2.57. The maximum Gasteiger partial charge on any atom is 0.269 e. The molecule has 9 nitrogen and oxygen atoms in total. The van der Waals surface area contributed by atoms with Crippen molar-refractivity contribution >= 4 is 11.6 Å². The van der Waals surface area contributed by atoms with Crippen molar-refractivity contribution in [3.05, 3.63) is 75.6 Å². The molecule has 2 aromatic carbocycles. The molecule has 2 fully saturated rings. The molecule has 2 aliphatic rings. The molecule has 0 saturated carbocycles. The lowest BCUT2D eigenvalue weighted by atomic mass is 9.53. The fraction of sp³-hybridized carbons (Fsp3) is 0.273. The molecule has 0 radical (unpaired) electrons. The van der Waals surface area contributed by atoms with Crippen LogP contribution in [-0.2, 0) is 15.3 Å². The van der Waals surface area contributed by atoms with E-state index in [4.69, 9.17) is 14.9 Å². The Balaban J connectivity index is 2.00. The molecule has 4 atom stereocenters. The molecule has 2 bridgehead atoms. The summed E-state index contributed by atoms with van der Waals surface area (Å²) in [6.45, 7) is 1.53. The molecule has 4 unspecified atom stereocenters. The smallest absolute Gasteiger partial charge is 0.269 e. The summed E-state index contributed by atoms with van der Waals surface area (Å²) in [5.74, 6) is -3.89. The molecule has 2 aliphatic heterocycles. The van der Waals surface area contributed by atoms with E-state index < -0.39 is 45.3 Å². The number of nitro benzene ring substituents is 1. The Kier molecular flexibility index (Phi) is 4.48. The van der Waals surface area contributed by atoms with E-state index in [2.05, 4.69) is 0 Å². The summed E-state index contributed by atoms with van der Waals surface area (Å²) in [6, 6.07) is 15.9. The van der Waals surface area contributed by atoms with Crippen molar-refractivity contribution in [3.63, 3.8) is 0 Å². The molecular weight excluding hydrogens is 417 g/mol. The minimum absolute atomic E-state index is 0.215. The van der Waals surface area contributed by atoms with E-state index in [1.165, 1.54) is 43.3 Å². The van der Waals surface area contributed by atoms with Gasteiger partial charge in [0, 0.05) is 17.7 Å². The number of fused-ring (bicyclic) bond motifs is 2. The Morgan fingerprint density at radius 3 is 2.16 bits per heavy atom. The van der Waals surface area contributed by atoms with Crippen LogP contribution in [0.5, 0.6) is 0 Å². The summed E-state index contributed by atoms with van der Waals surface area (Å²) in [5, 5.41) is 50.0. The van der Waals surface area contributed by atoms with Crippen LogP contribution in [-0.4, -0.2) is 10.8 Å². The van der Waals surface area contributed by atoms with Crippen molar-refractivity contribution in [1.29, 1.82) is 21.2 Å². The normalized spacial score (nSPS) is 29.8. The summed E-state index contributed by atoms with van der Waals surface area (Å²) in [6.07, 6.45) is -1.40. The summed E-state index contributed by atoms with van der Waals surface area (Å²) in [4.78, 5) is 10.4. The van der Waals surface area contributed by atoms with Gasteiger partial charge in [-0.2, -0.15) is 15.8 Å². The van der Waals surface area contributed by atoms with Gasteiger partial charge in [-0.3, -0.25) is 15.5 Å². The first kappa shape index (κ1) is 20.9. The van der Waals surface area contributed by atoms with Gasteiger partial charge in [-0.25, -0.2) is 4.39 Å². The van der Waals surface area contributed by atoms with Crippen LogP contribution in [0.15, 0.2) is 48.5 Å². The number of halogens is 1. The molecule has 2 saturated heterocycles. The first-order chi connectivity index (χ1) is 15.2. The molecule has 1 N–H and O–H groups in total. The molecular formula is C22H14FN5O4. The van der Waals surface area contributed by atoms with Gasteiger partial charge in [-0.1, -0.05) is 6.92 Å². The number of hydrogen-bond acceptors (Lipinski definition) is 8. The third kappa shape index (κ3) is 2.34.